The predicted molar refractivity (Wildman–Crippen MR) is 111 cm³/mol. The van der Waals surface area contributed by atoms with Gasteiger partial charge in [0, 0.05) is 25.7 Å². The first-order chi connectivity index (χ1) is 10.5. The molecule has 2 rings (SSSR count). The van der Waals surface area contributed by atoms with E-state index in [4.69, 9.17) is 4.99 Å². The minimum atomic E-state index is 0. The maximum Gasteiger partial charge on any atom is 0.193 e. The van der Waals surface area contributed by atoms with Crippen molar-refractivity contribution in [2.45, 2.75) is 58.9 Å². The largest absolute Gasteiger partial charge is 0.357 e. The summed E-state index contributed by atoms with van der Waals surface area (Å²) in [6.45, 7) is 11.0. The first-order valence-corrected chi connectivity index (χ1v) is 9.15. The molecule has 0 aromatic heterocycles. The highest BCUT2D eigenvalue weighted by molar-refractivity contribution is 14.0. The lowest BCUT2D eigenvalue weighted by molar-refractivity contribution is 0.151. The second-order valence-corrected chi connectivity index (χ2v) is 7.97. The normalized spacial score (nSPS) is 21.5. The van der Waals surface area contributed by atoms with E-state index in [9.17, 15) is 0 Å². The lowest BCUT2D eigenvalue weighted by Crippen LogP contribution is -2.43. The van der Waals surface area contributed by atoms with Crippen LogP contribution in [0.15, 0.2) is 4.99 Å². The van der Waals surface area contributed by atoms with E-state index < -0.39 is 0 Å². The molecular weight excluding hydrogens is 399 g/mol. The SMILES string of the molecule is CCNC(=NCC(CC(C)C)N(C)C)N1CCC2(CCC2)C1.I. The van der Waals surface area contributed by atoms with Crippen LogP contribution >= 0.6 is 24.0 Å². The van der Waals surface area contributed by atoms with Crippen LogP contribution in [0.1, 0.15) is 52.9 Å². The van der Waals surface area contributed by atoms with Gasteiger partial charge in [0.05, 0.1) is 6.54 Å². The molecule has 1 atom stereocenters. The molecule has 4 nitrogen and oxygen atoms in total. The number of halogens is 1. The number of nitrogens with one attached hydrogen (secondary N) is 1. The van der Waals surface area contributed by atoms with Crippen molar-refractivity contribution in [3.05, 3.63) is 0 Å². The Balaban J connectivity index is 0.00000264. The number of nitrogens with zero attached hydrogens (tertiary/aromatic N) is 3. The van der Waals surface area contributed by atoms with Crippen LogP contribution in [0.25, 0.3) is 0 Å². The van der Waals surface area contributed by atoms with Gasteiger partial charge in [-0.1, -0.05) is 20.3 Å². The molecule has 5 heteroatoms. The van der Waals surface area contributed by atoms with E-state index in [0.29, 0.717) is 11.5 Å². The third-order valence-electron chi connectivity index (χ3n) is 5.41. The van der Waals surface area contributed by atoms with Crippen molar-refractivity contribution in [3.8, 4) is 0 Å². The average Bonchev–Trinajstić information content (AvgIpc) is 2.86. The number of hydrogen-bond donors (Lipinski definition) is 1. The standard InChI is InChI=1S/C18H36N4.HI/c1-6-19-17(20-13-16(21(4)5)12-15(2)3)22-11-10-18(14-22)8-7-9-18;/h15-16H,6-14H2,1-5H3,(H,19,20);1H. The lowest BCUT2D eigenvalue weighted by Gasteiger charge is -2.38. The Hall–Kier alpha value is -0.0400. The van der Waals surface area contributed by atoms with Crippen LogP contribution in [0.5, 0.6) is 0 Å². The molecule has 0 aromatic rings. The van der Waals surface area contributed by atoms with E-state index in [-0.39, 0.29) is 24.0 Å². The fourth-order valence-electron chi connectivity index (χ4n) is 3.81. The summed E-state index contributed by atoms with van der Waals surface area (Å²) < 4.78 is 0. The van der Waals surface area contributed by atoms with Gasteiger partial charge in [-0.25, -0.2) is 0 Å². The minimum absolute atomic E-state index is 0. The molecule has 1 spiro atoms. The molecule has 1 saturated heterocycles. The van der Waals surface area contributed by atoms with Crippen molar-refractivity contribution >= 4 is 29.9 Å². The molecule has 23 heavy (non-hydrogen) atoms. The number of likely N-dealkylation sites (N-methyl/N-ethyl adjacent to an activating group) is 1. The summed E-state index contributed by atoms with van der Waals surface area (Å²) in [5.74, 6) is 1.86. The minimum Gasteiger partial charge on any atom is -0.357 e. The van der Waals surface area contributed by atoms with E-state index in [1.807, 2.05) is 0 Å². The van der Waals surface area contributed by atoms with Crippen LogP contribution in [0, 0.1) is 11.3 Å². The van der Waals surface area contributed by atoms with Crippen molar-refractivity contribution in [3.63, 3.8) is 0 Å². The van der Waals surface area contributed by atoms with Crippen LogP contribution < -0.4 is 5.32 Å². The molecule has 0 amide bonds. The van der Waals surface area contributed by atoms with E-state index in [0.717, 1.165) is 25.0 Å². The Bertz CT molecular complexity index is 377. The molecule has 1 heterocycles. The summed E-state index contributed by atoms with van der Waals surface area (Å²) >= 11 is 0. The lowest BCUT2D eigenvalue weighted by atomic mass is 9.68. The molecule has 1 aliphatic carbocycles. The van der Waals surface area contributed by atoms with Gasteiger partial charge in [0.25, 0.3) is 0 Å². The molecule has 1 saturated carbocycles. The maximum atomic E-state index is 4.98. The van der Waals surface area contributed by atoms with Gasteiger partial charge < -0.3 is 15.1 Å². The zero-order valence-electron chi connectivity index (χ0n) is 15.8. The molecule has 0 aromatic carbocycles. The molecule has 136 valence electrons. The molecule has 1 unspecified atom stereocenters. The van der Waals surface area contributed by atoms with E-state index in [1.165, 1.54) is 45.2 Å². The van der Waals surface area contributed by atoms with E-state index >= 15 is 0 Å². The third kappa shape index (κ3) is 5.76. The molecule has 2 aliphatic rings. The number of rotatable bonds is 6. The van der Waals surface area contributed by atoms with Gasteiger partial charge in [-0.2, -0.15) is 0 Å². The molecule has 0 bridgehead atoms. The van der Waals surface area contributed by atoms with E-state index in [1.54, 1.807) is 0 Å². The zero-order valence-corrected chi connectivity index (χ0v) is 18.1. The summed E-state index contributed by atoms with van der Waals surface area (Å²) in [5, 5.41) is 3.52. The highest BCUT2D eigenvalue weighted by Gasteiger charge is 2.43. The van der Waals surface area contributed by atoms with Crippen molar-refractivity contribution in [2.24, 2.45) is 16.3 Å². The quantitative estimate of drug-likeness (QED) is 0.393. The Morgan fingerprint density at radius 2 is 1.96 bits per heavy atom. The third-order valence-corrected chi connectivity index (χ3v) is 5.41. The molecule has 0 radical (unpaired) electrons. The molecule has 2 fully saturated rings. The monoisotopic (exact) mass is 436 g/mol. The van der Waals surface area contributed by atoms with Crippen LogP contribution in [-0.4, -0.2) is 62.1 Å². The molecular formula is C18H37IN4. The first-order valence-electron chi connectivity index (χ1n) is 9.15. The number of hydrogen-bond acceptors (Lipinski definition) is 2. The van der Waals surface area contributed by atoms with Crippen molar-refractivity contribution < 1.29 is 0 Å². The fourth-order valence-corrected chi connectivity index (χ4v) is 3.81. The molecule has 1 aliphatic heterocycles. The Morgan fingerprint density at radius 3 is 2.39 bits per heavy atom. The molecule has 1 N–H and O–H groups in total. The van der Waals surface area contributed by atoms with Gasteiger partial charge in [0.15, 0.2) is 5.96 Å². The van der Waals surface area contributed by atoms with Crippen molar-refractivity contribution in [1.82, 2.24) is 15.1 Å². The number of guanidine groups is 1. The van der Waals surface area contributed by atoms with Gasteiger partial charge in [-0.05, 0) is 58.0 Å². The van der Waals surface area contributed by atoms with Crippen LogP contribution in [0.3, 0.4) is 0 Å². The van der Waals surface area contributed by atoms with Crippen LogP contribution in [0.2, 0.25) is 0 Å². The summed E-state index contributed by atoms with van der Waals surface area (Å²) in [6.07, 6.45) is 6.85. The van der Waals surface area contributed by atoms with Crippen molar-refractivity contribution in [1.29, 1.82) is 0 Å². The smallest absolute Gasteiger partial charge is 0.193 e. The fraction of sp³-hybridized carbons (Fsp3) is 0.944. The Morgan fingerprint density at radius 1 is 1.26 bits per heavy atom. The number of aliphatic imine (C=N–C) groups is 1. The van der Waals surface area contributed by atoms with Gasteiger partial charge in [0.1, 0.15) is 0 Å². The summed E-state index contributed by atoms with van der Waals surface area (Å²) in [7, 11) is 4.35. The summed E-state index contributed by atoms with van der Waals surface area (Å²) in [5.41, 5.74) is 0.634. The van der Waals surface area contributed by atoms with E-state index in [2.05, 4.69) is 50.0 Å². The Kier molecular flexibility index (Phi) is 8.63. The highest BCUT2D eigenvalue weighted by atomic mass is 127. The van der Waals surface area contributed by atoms with Gasteiger partial charge >= 0.3 is 0 Å². The first kappa shape index (κ1) is 21.0. The van der Waals surface area contributed by atoms with Gasteiger partial charge in [0.2, 0.25) is 0 Å². The second-order valence-electron chi connectivity index (χ2n) is 7.97. The van der Waals surface area contributed by atoms with Crippen LogP contribution in [-0.2, 0) is 0 Å². The maximum absolute atomic E-state index is 4.98. The predicted octanol–water partition coefficient (Wildman–Crippen LogP) is 3.42. The van der Waals surface area contributed by atoms with Crippen molar-refractivity contribution in [2.75, 3.05) is 40.3 Å². The Labute approximate surface area is 160 Å². The topological polar surface area (TPSA) is 30.9 Å². The number of likely N-dealkylation sites (tertiary alicyclic amines) is 1. The summed E-state index contributed by atoms with van der Waals surface area (Å²) in [6, 6.07) is 0.536. The van der Waals surface area contributed by atoms with Gasteiger partial charge in [-0.15, -0.1) is 24.0 Å². The summed E-state index contributed by atoms with van der Waals surface area (Å²) in [4.78, 5) is 9.81. The zero-order chi connectivity index (χ0) is 16.2. The second kappa shape index (κ2) is 9.44. The van der Waals surface area contributed by atoms with Crippen LogP contribution in [0.4, 0.5) is 0 Å². The van der Waals surface area contributed by atoms with Gasteiger partial charge in [-0.3, -0.25) is 4.99 Å². The highest BCUT2D eigenvalue weighted by Crippen LogP contribution is 2.47. The average molecular weight is 436 g/mol.